The SMILES string of the molecule is CCOC(=O)Cc1ccc(-c2cc([C@H](Cc3ccccc3)NC(=O)/C=C/c3cc(Cl)ccc3-n3cnnn3)nnc2OCC)cc1. The summed E-state index contributed by atoms with van der Waals surface area (Å²) in [5, 5.41) is 23.8. The average Bonchev–Trinajstić information content (AvgIpc) is 3.60. The summed E-state index contributed by atoms with van der Waals surface area (Å²) in [6.45, 7) is 4.38. The number of amides is 1. The van der Waals surface area contributed by atoms with Crippen molar-refractivity contribution in [1.82, 2.24) is 35.7 Å². The molecule has 0 radical (unpaired) electrons. The Morgan fingerprint density at radius 2 is 1.76 bits per heavy atom. The average molecular weight is 638 g/mol. The molecule has 1 atom stereocenters. The number of carbonyl (C=O) groups is 2. The first-order valence-corrected chi connectivity index (χ1v) is 15.1. The van der Waals surface area contributed by atoms with Crippen molar-refractivity contribution >= 4 is 29.6 Å². The van der Waals surface area contributed by atoms with E-state index in [2.05, 4.69) is 31.0 Å². The van der Waals surface area contributed by atoms with E-state index in [0.717, 1.165) is 16.7 Å². The molecule has 0 unspecified atom stereocenters. The van der Waals surface area contributed by atoms with Crippen LogP contribution in [0.3, 0.4) is 0 Å². The number of nitrogens with one attached hydrogen (secondary N) is 1. The van der Waals surface area contributed by atoms with Crippen LogP contribution in [0.5, 0.6) is 5.88 Å². The second kappa shape index (κ2) is 15.5. The van der Waals surface area contributed by atoms with Crippen molar-refractivity contribution in [2.24, 2.45) is 0 Å². The summed E-state index contributed by atoms with van der Waals surface area (Å²) in [5.41, 5.74) is 5.24. The van der Waals surface area contributed by atoms with Crippen LogP contribution in [0.4, 0.5) is 0 Å². The first-order valence-electron chi connectivity index (χ1n) is 14.7. The highest BCUT2D eigenvalue weighted by Crippen LogP contribution is 2.31. The van der Waals surface area contributed by atoms with Crippen molar-refractivity contribution in [2.45, 2.75) is 32.7 Å². The maximum absolute atomic E-state index is 13.4. The summed E-state index contributed by atoms with van der Waals surface area (Å²) < 4.78 is 12.4. The van der Waals surface area contributed by atoms with Gasteiger partial charge >= 0.3 is 5.97 Å². The quantitative estimate of drug-likeness (QED) is 0.133. The summed E-state index contributed by atoms with van der Waals surface area (Å²) in [7, 11) is 0. The zero-order valence-electron chi connectivity index (χ0n) is 25.3. The number of hydrogen-bond donors (Lipinski definition) is 1. The summed E-state index contributed by atoms with van der Waals surface area (Å²) in [6.07, 6.45) is 5.20. The minimum absolute atomic E-state index is 0.178. The largest absolute Gasteiger partial charge is 0.476 e. The molecule has 0 spiro atoms. The number of halogens is 1. The van der Waals surface area contributed by atoms with Crippen LogP contribution in [-0.2, 0) is 27.2 Å². The molecule has 0 saturated heterocycles. The van der Waals surface area contributed by atoms with Crippen molar-refractivity contribution in [3.05, 3.63) is 119 Å². The van der Waals surface area contributed by atoms with Gasteiger partial charge in [-0.05, 0) is 77.7 Å². The molecular weight excluding hydrogens is 606 g/mol. The summed E-state index contributed by atoms with van der Waals surface area (Å²) in [4.78, 5) is 25.3. The zero-order chi connectivity index (χ0) is 32.3. The molecule has 46 heavy (non-hydrogen) atoms. The number of esters is 1. The van der Waals surface area contributed by atoms with Crippen molar-refractivity contribution in [1.29, 1.82) is 0 Å². The molecule has 0 saturated carbocycles. The third-order valence-electron chi connectivity index (χ3n) is 6.93. The monoisotopic (exact) mass is 637 g/mol. The predicted molar refractivity (Wildman–Crippen MR) is 173 cm³/mol. The molecule has 5 rings (SSSR count). The van der Waals surface area contributed by atoms with Gasteiger partial charge in [0.15, 0.2) is 0 Å². The van der Waals surface area contributed by atoms with Gasteiger partial charge in [-0.2, -0.15) is 4.68 Å². The number of benzene rings is 3. The molecule has 0 aliphatic carbocycles. The Bertz CT molecular complexity index is 1800. The van der Waals surface area contributed by atoms with Gasteiger partial charge in [-0.1, -0.05) is 66.2 Å². The highest BCUT2D eigenvalue weighted by molar-refractivity contribution is 6.30. The fourth-order valence-corrected chi connectivity index (χ4v) is 4.98. The standard InChI is InChI=1S/C34H32ClN7O4/c1-3-45-33(44)19-24-10-12-25(13-11-24)28-21-30(38-39-34(28)46-4-2)29(18-23-8-6-5-7-9-23)37-32(43)17-14-26-20-27(35)15-16-31(26)42-22-36-40-41-42/h5-17,20-22,29H,3-4,18-19H2,1-2H3,(H,37,43)/b17-14+/t29-/m0/s1. The third kappa shape index (κ3) is 8.39. The molecule has 2 aromatic heterocycles. The second-order valence-corrected chi connectivity index (χ2v) is 10.6. The fourth-order valence-electron chi connectivity index (χ4n) is 4.80. The number of rotatable bonds is 13. The first-order chi connectivity index (χ1) is 22.4. The van der Waals surface area contributed by atoms with E-state index in [0.29, 0.717) is 53.0 Å². The molecule has 5 aromatic rings. The van der Waals surface area contributed by atoms with Gasteiger partial charge in [0.1, 0.15) is 6.33 Å². The Balaban J connectivity index is 1.44. The molecule has 0 bridgehead atoms. The minimum atomic E-state index is -0.525. The number of tetrazole rings is 1. The van der Waals surface area contributed by atoms with Gasteiger partial charge in [0.2, 0.25) is 11.8 Å². The van der Waals surface area contributed by atoms with Gasteiger partial charge in [-0.25, -0.2) is 0 Å². The van der Waals surface area contributed by atoms with Gasteiger partial charge < -0.3 is 14.8 Å². The van der Waals surface area contributed by atoms with Gasteiger partial charge in [0, 0.05) is 22.2 Å². The molecule has 234 valence electrons. The van der Waals surface area contributed by atoms with E-state index in [1.807, 2.05) is 67.6 Å². The Labute approximate surface area is 271 Å². The Kier molecular flexibility index (Phi) is 10.8. The summed E-state index contributed by atoms with van der Waals surface area (Å²) >= 11 is 6.25. The molecular formula is C34H32ClN7O4. The van der Waals surface area contributed by atoms with E-state index in [-0.39, 0.29) is 18.3 Å². The maximum atomic E-state index is 13.4. The van der Waals surface area contributed by atoms with E-state index in [1.54, 1.807) is 31.2 Å². The number of aromatic nitrogens is 6. The molecule has 11 nitrogen and oxygen atoms in total. The fraction of sp³-hybridized carbons (Fsp3) is 0.206. The molecule has 0 fully saturated rings. The first kappa shape index (κ1) is 32.0. The van der Waals surface area contributed by atoms with Crippen molar-refractivity contribution in [2.75, 3.05) is 13.2 Å². The lowest BCUT2D eigenvalue weighted by Gasteiger charge is -2.19. The lowest BCUT2D eigenvalue weighted by atomic mass is 9.99. The molecule has 0 aliphatic rings. The van der Waals surface area contributed by atoms with Gasteiger partial charge in [-0.15, -0.1) is 15.3 Å². The van der Waals surface area contributed by atoms with Crippen molar-refractivity contribution in [3.8, 4) is 22.7 Å². The van der Waals surface area contributed by atoms with E-state index >= 15 is 0 Å². The molecule has 0 aliphatic heterocycles. The number of ether oxygens (including phenoxy) is 2. The minimum Gasteiger partial charge on any atom is -0.476 e. The number of hydrogen-bond acceptors (Lipinski definition) is 9. The van der Waals surface area contributed by atoms with E-state index < -0.39 is 6.04 Å². The van der Waals surface area contributed by atoms with Crippen LogP contribution in [0.2, 0.25) is 5.02 Å². The number of carbonyl (C=O) groups excluding carboxylic acids is 2. The van der Waals surface area contributed by atoms with Crippen LogP contribution in [0.1, 0.15) is 42.3 Å². The predicted octanol–water partition coefficient (Wildman–Crippen LogP) is 5.39. The normalized spacial score (nSPS) is 11.7. The molecule has 12 heteroatoms. The van der Waals surface area contributed by atoms with E-state index in [9.17, 15) is 9.59 Å². The smallest absolute Gasteiger partial charge is 0.310 e. The molecule has 1 N–H and O–H groups in total. The van der Waals surface area contributed by atoms with Crippen LogP contribution in [-0.4, -0.2) is 55.5 Å². The molecule has 1 amide bonds. The Hall–Kier alpha value is -5.42. The van der Waals surface area contributed by atoms with Gasteiger partial charge in [-0.3, -0.25) is 9.59 Å². The Morgan fingerprint density at radius 3 is 2.48 bits per heavy atom. The van der Waals surface area contributed by atoms with Crippen LogP contribution < -0.4 is 10.1 Å². The highest BCUT2D eigenvalue weighted by atomic mass is 35.5. The lowest BCUT2D eigenvalue weighted by molar-refractivity contribution is -0.142. The lowest BCUT2D eigenvalue weighted by Crippen LogP contribution is -2.29. The third-order valence-corrected chi connectivity index (χ3v) is 7.17. The van der Waals surface area contributed by atoms with Crippen LogP contribution in [0.15, 0.2) is 91.3 Å². The number of nitrogens with zero attached hydrogens (tertiary/aromatic N) is 6. The summed E-state index contributed by atoms with van der Waals surface area (Å²) in [6, 6.07) is 23.9. The highest BCUT2D eigenvalue weighted by Gasteiger charge is 2.20. The Morgan fingerprint density at radius 1 is 0.957 bits per heavy atom. The molecule has 2 heterocycles. The van der Waals surface area contributed by atoms with Crippen LogP contribution >= 0.6 is 11.6 Å². The van der Waals surface area contributed by atoms with Crippen LogP contribution in [0.25, 0.3) is 22.9 Å². The van der Waals surface area contributed by atoms with Gasteiger partial charge in [0.25, 0.3) is 0 Å². The van der Waals surface area contributed by atoms with E-state index in [4.69, 9.17) is 21.1 Å². The maximum Gasteiger partial charge on any atom is 0.310 e. The topological polar surface area (TPSA) is 134 Å². The second-order valence-electron chi connectivity index (χ2n) is 10.1. The van der Waals surface area contributed by atoms with Crippen LogP contribution in [0, 0.1) is 0 Å². The molecule has 3 aromatic carbocycles. The van der Waals surface area contributed by atoms with Gasteiger partial charge in [0.05, 0.1) is 37.1 Å². The van der Waals surface area contributed by atoms with Crippen molar-refractivity contribution in [3.63, 3.8) is 0 Å². The summed E-state index contributed by atoms with van der Waals surface area (Å²) in [5.74, 6) is -0.261. The van der Waals surface area contributed by atoms with E-state index in [1.165, 1.54) is 17.1 Å². The zero-order valence-corrected chi connectivity index (χ0v) is 26.1. The van der Waals surface area contributed by atoms with Crippen molar-refractivity contribution < 1.29 is 19.1 Å².